The first-order valence-electron chi connectivity index (χ1n) is 6.04. The van der Waals surface area contributed by atoms with Gasteiger partial charge in [-0.15, -0.1) is 0 Å². The second-order valence-electron chi connectivity index (χ2n) is 4.29. The number of aromatic nitrogens is 2. The van der Waals surface area contributed by atoms with Crippen molar-refractivity contribution < 1.29 is 8.42 Å². The molecule has 0 bridgehead atoms. The minimum Gasteiger partial charge on any atom is -0.280 e. The molecule has 0 amide bonds. The van der Waals surface area contributed by atoms with Gasteiger partial charge in [0.15, 0.2) is 0 Å². The largest absolute Gasteiger partial charge is 0.280 e. The van der Waals surface area contributed by atoms with Crippen molar-refractivity contribution in [3.8, 4) is 0 Å². The number of hydrogen-bond donors (Lipinski definition) is 1. The Morgan fingerprint density at radius 3 is 2.52 bits per heavy atom. The summed E-state index contributed by atoms with van der Waals surface area (Å²) in [7, 11) is -3.73. The van der Waals surface area contributed by atoms with Crippen molar-refractivity contribution >= 4 is 38.2 Å². The fraction of sp³-hybridized carbons (Fsp3) is 0. The highest BCUT2D eigenvalue weighted by atomic mass is 35.5. The van der Waals surface area contributed by atoms with Crippen molar-refractivity contribution in [2.24, 2.45) is 0 Å². The molecule has 5 nitrogen and oxygen atoms in total. The van der Waals surface area contributed by atoms with Gasteiger partial charge in [0.1, 0.15) is 0 Å². The Morgan fingerprint density at radius 1 is 1.00 bits per heavy atom. The van der Waals surface area contributed by atoms with Crippen LogP contribution in [0.4, 0.5) is 5.69 Å². The van der Waals surface area contributed by atoms with Crippen LogP contribution >= 0.6 is 11.6 Å². The molecule has 0 atom stereocenters. The molecule has 0 saturated heterocycles. The summed E-state index contributed by atoms with van der Waals surface area (Å²) < 4.78 is 27.6. The highest BCUT2D eigenvalue weighted by molar-refractivity contribution is 7.93. The standard InChI is InChI=1S/C14H10ClN3O2S/c15-12-3-4-13(11-2-1-7-17-14(11)12)21(19,20)18-10-5-8-16-9-6-10/h1-9H,(H,16,18). The van der Waals surface area contributed by atoms with Gasteiger partial charge in [0.25, 0.3) is 10.0 Å². The number of fused-ring (bicyclic) bond motifs is 1. The molecule has 0 aliphatic rings. The van der Waals surface area contributed by atoms with E-state index in [1.165, 1.54) is 24.5 Å². The van der Waals surface area contributed by atoms with Crippen LogP contribution in [0, 0.1) is 0 Å². The van der Waals surface area contributed by atoms with E-state index < -0.39 is 10.0 Å². The van der Waals surface area contributed by atoms with Crippen LogP contribution in [0.3, 0.4) is 0 Å². The highest BCUT2D eigenvalue weighted by Crippen LogP contribution is 2.28. The van der Waals surface area contributed by atoms with E-state index in [9.17, 15) is 8.42 Å². The predicted molar refractivity (Wildman–Crippen MR) is 81.8 cm³/mol. The van der Waals surface area contributed by atoms with E-state index in [-0.39, 0.29) is 4.90 Å². The lowest BCUT2D eigenvalue weighted by Crippen LogP contribution is -2.13. The average Bonchev–Trinajstić information content (AvgIpc) is 2.48. The third kappa shape index (κ3) is 2.68. The lowest BCUT2D eigenvalue weighted by Gasteiger charge is -2.10. The lowest BCUT2D eigenvalue weighted by atomic mass is 10.2. The maximum Gasteiger partial charge on any atom is 0.262 e. The van der Waals surface area contributed by atoms with Gasteiger partial charge in [-0.3, -0.25) is 14.7 Å². The van der Waals surface area contributed by atoms with E-state index in [0.29, 0.717) is 21.6 Å². The highest BCUT2D eigenvalue weighted by Gasteiger charge is 2.18. The molecule has 106 valence electrons. The number of anilines is 1. The van der Waals surface area contributed by atoms with Gasteiger partial charge >= 0.3 is 0 Å². The van der Waals surface area contributed by atoms with E-state index in [1.807, 2.05) is 0 Å². The number of sulfonamides is 1. The summed E-state index contributed by atoms with van der Waals surface area (Å²) in [5.41, 5.74) is 0.897. The molecule has 0 fully saturated rings. The molecule has 0 saturated carbocycles. The number of hydrogen-bond acceptors (Lipinski definition) is 4. The topological polar surface area (TPSA) is 72.0 Å². The number of rotatable bonds is 3. The van der Waals surface area contributed by atoms with E-state index in [2.05, 4.69) is 14.7 Å². The van der Waals surface area contributed by atoms with E-state index in [0.717, 1.165) is 0 Å². The molecule has 3 rings (SSSR count). The fourth-order valence-corrected chi connectivity index (χ4v) is 3.45. The molecule has 1 aromatic carbocycles. The van der Waals surface area contributed by atoms with Crippen LogP contribution in [0.5, 0.6) is 0 Å². The van der Waals surface area contributed by atoms with Gasteiger partial charge in [0.05, 0.1) is 21.1 Å². The summed E-state index contributed by atoms with van der Waals surface area (Å²) in [5, 5.41) is 0.889. The number of benzene rings is 1. The van der Waals surface area contributed by atoms with Crippen LogP contribution < -0.4 is 4.72 Å². The molecule has 2 aromatic heterocycles. The first kappa shape index (κ1) is 13.8. The maximum atomic E-state index is 12.5. The molecule has 0 radical (unpaired) electrons. The summed E-state index contributed by atoms with van der Waals surface area (Å²) in [6, 6.07) is 9.50. The van der Waals surface area contributed by atoms with Gasteiger partial charge < -0.3 is 0 Å². The molecular formula is C14H10ClN3O2S. The first-order chi connectivity index (χ1) is 10.1. The molecule has 21 heavy (non-hydrogen) atoms. The van der Waals surface area contributed by atoms with Crippen LogP contribution in [0.2, 0.25) is 5.02 Å². The zero-order chi connectivity index (χ0) is 14.9. The van der Waals surface area contributed by atoms with Crippen molar-refractivity contribution in [2.45, 2.75) is 4.90 Å². The zero-order valence-corrected chi connectivity index (χ0v) is 12.3. The summed E-state index contributed by atoms with van der Waals surface area (Å²) in [5.74, 6) is 0. The minimum absolute atomic E-state index is 0.131. The Kier molecular flexibility index (Phi) is 3.48. The van der Waals surface area contributed by atoms with Gasteiger partial charge in [-0.2, -0.15) is 0 Å². The minimum atomic E-state index is -3.73. The summed E-state index contributed by atoms with van der Waals surface area (Å²) in [4.78, 5) is 8.11. The average molecular weight is 320 g/mol. The lowest BCUT2D eigenvalue weighted by molar-refractivity contribution is 0.602. The monoisotopic (exact) mass is 319 g/mol. The Labute approximate surface area is 126 Å². The number of nitrogens with one attached hydrogen (secondary N) is 1. The van der Waals surface area contributed by atoms with Crippen LogP contribution in [0.25, 0.3) is 10.9 Å². The zero-order valence-electron chi connectivity index (χ0n) is 10.7. The molecule has 0 spiro atoms. The van der Waals surface area contributed by atoms with Crippen LogP contribution in [-0.4, -0.2) is 18.4 Å². The molecule has 0 unspecified atom stereocenters. The fourth-order valence-electron chi connectivity index (χ4n) is 1.98. The molecule has 1 N–H and O–H groups in total. The number of nitrogens with zero attached hydrogens (tertiary/aromatic N) is 2. The predicted octanol–water partition coefficient (Wildman–Crippen LogP) is 3.08. The molecule has 2 heterocycles. The van der Waals surface area contributed by atoms with Gasteiger partial charge in [-0.05, 0) is 36.4 Å². The van der Waals surface area contributed by atoms with E-state index in [4.69, 9.17) is 11.6 Å². The Morgan fingerprint density at radius 2 is 1.76 bits per heavy atom. The van der Waals surface area contributed by atoms with Gasteiger partial charge in [0, 0.05) is 24.0 Å². The maximum absolute atomic E-state index is 12.5. The van der Waals surface area contributed by atoms with Crippen molar-refractivity contribution in [1.29, 1.82) is 0 Å². The normalized spacial score (nSPS) is 11.5. The summed E-state index contributed by atoms with van der Waals surface area (Å²) >= 11 is 6.05. The second kappa shape index (κ2) is 5.31. The number of halogens is 1. The molecule has 0 aliphatic carbocycles. The first-order valence-corrected chi connectivity index (χ1v) is 7.90. The van der Waals surface area contributed by atoms with Crippen LogP contribution in [-0.2, 0) is 10.0 Å². The second-order valence-corrected chi connectivity index (χ2v) is 6.34. The summed E-state index contributed by atoms with van der Waals surface area (Å²) in [6.45, 7) is 0. The van der Waals surface area contributed by atoms with Crippen molar-refractivity contribution in [1.82, 2.24) is 9.97 Å². The smallest absolute Gasteiger partial charge is 0.262 e. The Hall–Kier alpha value is -2.18. The molecular weight excluding hydrogens is 310 g/mol. The quantitative estimate of drug-likeness (QED) is 0.805. The van der Waals surface area contributed by atoms with Crippen molar-refractivity contribution in [2.75, 3.05) is 4.72 Å². The van der Waals surface area contributed by atoms with E-state index in [1.54, 1.807) is 30.5 Å². The number of pyridine rings is 2. The third-order valence-electron chi connectivity index (χ3n) is 2.90. The van der Waals surface area contributed by atoms with E-state index >= 15 is 0 Å². The van der Waals surface area contributed by atoms with Crippen molar-refractivity contribution in [3.05, 3.63) is 60.0 Å². The molecule has 7 heteroatoms. The Balaban J connectivity index is 2.14. The van der Waals surface area contributed by atoms with Crippen LogP contribution in [0.1, 0.15) is 0 Å². The summed E-state index contributed by atoms with van der Waals surface area (Å²) in [6.07, 6.45) is 4.60. The Bertz CT molecular complexity index is 898. The SMILES string of the molecule is O=S(=O)(Nc1ccncc1)c1ccc(Cl)c2ncccc12. The van der Waals surface area contributed by atoms with Gasteiger partial charge in [-0.25, -0.2) is 8.42 Å². The third-order valence-corrected chi connectivity index (χ3v) is 4.65. The molecule has 0 aliphatic heterocycles. The van der Waals surface area contributed by atoms with Gasteiger partial charge in [0.2, 0.25) is 0 Å². The van der Waals surface area contributed by atoms with Crippen LogP contribution in [0.15, 0.2) is 59.9 Å². The van der Waals surface area contributed by atoms with Gasteiger partial charge in [-0.1, -0.05) is 11.6 Å². The van der Waals surface area contributed by atoms with Crippen molar-refractivity contribution in [3.63, 3.8) is 0 Å². The molecule has 3 aromatic rings.